The molecule has 102 valence electrons. The summed E-state index contributed by atoms with van der Waals surface area (Å²) in [6.07, 6.45) is -3.42. The second kappa shape index (κ2) is 5.03. The Morgan fingerprint density at radius 3 is 2.58 bits per heavy atom. The van der Waals surface area contributed by atoms with Crippen LogP contribution in [0.3, 0.4) is 0 Å². The van der Waals surface area contributed by atoms with Gasteiger partial charge in [0.15, 0.2) is 0 Å². The molecule has 0 saturated heterocycles. The van der Waals surface area contributed by atoms with E-state index in [0.717, 1.165) is 4.57 Å². The van der Waals surface area contributed by atoms with E-state index in [2.05, 4.69) is 4.98 Å². The molecule has 0 aliphatic rings. The normalized spacial score (nSPS) is 12.0. The molecule has 6 heteroatoms. The number of aromatic nitrogens is 2. The molecule has 0 atom stereocenters. The zero-order chi connectivity index (χ0) is 14.0. The van der Waals surface area contributed by atoms with Crippen molar-refractivity contribution in [1.29, 1.82) is 0 Å². The minimum atomic E-state index is -4.63. The number of nitrogens with zero attached hydrogens (tertiary/aromatic N) is 2. The zero-order valence-electron chi connectivity index (χ0n) is 10.4. The van der Waals surface area contributed by atoms with Crippen molar-refractivity contribution in [2.24, 2.45) is 0 Å². The number of alkyl halides is 3. The van der Waals surface area contributed by atoms with E-state index >= 15 is 0 Å². The van der Waals surface area contributed by atoms with Gasteiger partial charge in [0.2, 0.25) is 5.82 Å². The molecule has 19 heavy (non-hydrogen) atoms. The molecule has 0 radical (unpaired) electrons. The average Bonchev–Trinajstić information content (AvgIpc) is 2.36. The molecular formula is C13H13F3N2O. The topological polar surface area (TPSA) is 34.9 Å². The lowest BCUT2D eigenvalue weighted by molar-refractivity contribution is -0.148. The first-order valence-corrected chi connectivity index (χ1v) is 6.02. The van der Waals surface area contributed by atoms with Gasteiger partial charge < -0.3 is 0 Å². The van der Waals surface area contributed by atoms with Gasteiger partial charge in [-0.15, -0.1) is 0 Å². The van der Waals surface area contributed by atoms with E-state index in [0.29, 0.717) is 12.8 Å². The molecule has 0 amide bonds. The molecule has 1 heterocycles. The fraction of sp³-hybridized carbons (Fsp3) is 0.385. The Labute approximate surface area is 107 Å². The van der Waals surface area contributed by atoms with Crippen LogP contribution in [0.5, 0.6) is 0 Å². The Kier molecular flexibility index (Phi) is 3.59. The van der Waals surface area contributed by atoms with Crippen molar-refractivity contribution < 1.29 is 13.2 Å². The average molecular weight is 270 g/mol. The van der Waals surface area contributed by atoms with Crippen molar-refractivity contribution in [3.63, 3.8) is 0 Å². The van der Waals surface area contributed by atoms with Crippen LogP contribution in [-0.4, -0.2) is 9.55 Å². The van der Waals surface area contributed by atoms with Crippen LogP contribution >= 0.6 is 0 Å². The number of benzene rings is 1. The van der Waals surface area contributed by atoms with E-state index in [4.69, 9.17) is 0 Å². The second-order valence-electron chi connectivity index (χ2n) is 4.26. The molecule has 2 rings (SSSR count). The molecule has 0 unspecified atom stereocenters. The molecule has 0 spiro atoms. The number of hydrogen-bond donors (Lipinski definition) is 0. The summed E-state index contributed by atoms with van der Waals surface area (Å²) in [5.74, 6) is -1.12. The van der Waals surface area contributed by atoms with Gasteiger partial charge in [0.25, 0.3) is 5.56 Å². The molecule has 0 bridgehead atoms. The van der Waals surface area contributed by atoms with Crippen molar-refractivity contribution in [3.8, 4) is 0 Å². The third kappa shape index (κ3) is 2.62. The summed E-state index contributed by atoms with van der Waals surface area (Å²) in [6.45, 7) is 1.88. The summed E-state index contributed by atoms with van der Waals surface area (Å²) < 4.78 is 39.6. The Balaban J connectivity index is 2.73. The minimum absolute atomic E-state index is 0.0298. The van der Waals surface area contributed by atoms with Gasteiger partial charge in [0, 0.05) is 6.54 Å². The largest absolute Gasteiger partial charge is 0.449 e. The van der Waals surface area contributed by atoms with Gasteiger partial charge in [-0.05, 0) is 18.6 Å². The fourth-order valence-electron chi connectivity index (χ4n) is 1.91. The molecule has 0 N–H and O–H groups in total. The molecule has 1 aromatic carbocycles. The zero-order valence-corrected chi connectivity index (χ0v) is 10.4. The predicted octanol–water partition coefficient (Wildman–Crippen LogP) is 3.22. The molecule has 2 aromatic rings. The van der Waals surface area contributed by atoms with E-state index in [1.165, 1.54) is 12.1 Å². The first-order valence-electron chi connectivity index (χ1n) is 6.02. The molecule has 0 fully saturated rings. The quantitative estimate of drug-likeness (QED) is 0.858. The Morgan fingerprint density at radius 1 is 1.26 bits per heavy atom. The third-order valence-corrected chi connectivity index (χ3v) is 2.85. The summed E-state index contributed by atoms with van der Waals surface area (Å²) in [4.78, 5) is 15.7. The Hall–Kier alpha value is -1.85. The van der Waals surface area contributed by atoms with E-state index in [1.807, 2.05) is 6.92 Å². The number of rotatable bonds is 3. The van der Waals surface area contributed by atoms with Gasteiger partial charge >= 0.3 is 6.18 Å². The minimum Gasteiger partial charge on any atom is -0.289 e. The number of fused-ring (bicyclic) bond motifs is 1. The first kappa shape index (κ1) is 13.6. The van der Waals surface area contributed by atoms with Gasteiger partial charge in [0.1, 0.15) is 0 Å². The van der Waals surface area contributed by atoms with Crippen LogP contribution in [0.2, 0.25) is 0 Å². The predicted molar refractivity (Wildman–Crippen MR) is 65.9 cm³/mol. The summed E-state index contributed by atoms with van der Waals surface area (Å²) >= 11 is 0. The maximum Gasteiger partial charge on any atom is 0.449 e. The third-order valence-electron chi connectivity index (χ3n) is 2.85. The fourth-order valence-corrected chi connectivity index (χ4v) is 1.91. The van der Waals surface area contributed by atoms with Gasteiger partial charge in [0.05, 0.1) is 10.9 Å². The van der Waals surface area contributed by atoms with Crippen LogP contribution < -0.4 is 5.56 Å². The summed E-state index contributed by atoms with van der Waals surface area (Å²) in [5.41, 5.74) is -0.557. The van der Waals surface area contributed by atoms with Crippen LogP contribution in [0.25, 0.3) is 10.9 Å². The number of unbranched alkanes of at least 4 members (excludes halogenated alkanes) is 1. The summed E-state index contributed by atoms with van der Waals surface area (Å²) in [7, 11) is 0. The smallest absolute Gasteiger partial charge is 0.289 e. The monoisotopic (exact) mass is 270 g/mol. The van der Waals surface area contributed by atoms with Crippen molar-refractivity contribution in [2.75, 3.05) is 0 Å². The number of hydrogen-bond acceptors (Lipinski definition) is 2. The van der Waals surface area contributed by atoms with E-state index in [-0.39, 0.29) is 17.4 Å². The second-order valence-corrected chi connectivity index (χ2v) is 4.26. The standard InChI is InChI=1S/C13H13F3N2O/c1-2-3-8-18-11(19)9-6-4-5-7-10(9)17-12(18)13(14,15)16/h4-7H,2-3,8H2,1H3. The highest BCUT2D eigenvalue weighted by Gasteiger charge is 2.37. The molecule has 0 aliphatic heterocycles. The van der Waals surface area contributed by atoms with Crippen LogP contribution in [0.15, 0.2) is 29.1 Å². The molecule has 0 saturated carbocycles. The van der Waals surface area contributed by atoms with Gasteiger partial charge in [-0.2, -0.15) is 13.2 Å². The van der Waals surface area contributed by atoms with Crippen molar-refractivity contribution >= 4 is 10.9 Å². The Bertz CT molecular complexity index is 646. The number of halogens is 3. The van der Waals surface area contributed by atoms with Crippen molar-refractivity contribution in [3.05, 3.63) is 40.4 Å². The first-order chi connectivity index (χ1) is 8.95. The molecule has 0 aliphatic carbocycles. The SMILES string of the molecule is CCCCn1c(C(F)(F)F)nc2ccccc2c1=O. The maximum absolute atomic E-state index is 13.0. The van der Waals surface area contributed by atoms with Crippen LogP contribution in [0, 0.1) is 0 Å². The van der Waals surface area contributed by atoms with E-state index in [1.54, 1.807) is 12.1 Å². The van der Waals surface area contributed by atoms with Gasteiger partial charge in [-0.1, -0.05) is 25.5 Å². The summed E-state index contributed by atoms with van der Waals surface area (Å²) in [6, 6.07) is 6.08. The highest BCUT2D eigenvalue weighted by atomic mass is 19.4. The molecule has 3 nitrogen and oxygen atoms in total. The van der Waals surface area contributed by atoms with Crippen LogP contribution in [-0.2, 0) is 12.7 Å². The highest BCUT2D eigenvalue weighted by molar-refractivity contribution is 5.77. The lowest BCUT2D eigenvalue weighted by Crippen LogP contribution is -2.30. The van der Waals surface area contributed by atoms with Crippen molar-refractivity contribution in [2.45, 2.75) is 32.5 Å². The highest BCUT2D eigenvalue weighted by Crippen LogP contribution is 2.28. The van der Waals surface area contributed by atoms with E-state index < -0.39 is 17.6 Å². The van der Waals surface area contributed by atoms with Crippen molar-refractivity contribution in [1.82, 2.24) is 9.55 Å². The van der Waals surface area contributed by atoms with Gasteiger partial charge in [-0.3, -0.25) is 9.36 Å². The van der Waals surface area contributed by atoms with Crippen LogP contribution in [0.1, 0.15) is 25.6 Å². The number of para-hydroxylation sites is 1. The molecular weight excluding hydrogens is 257 g/mol. The van der Waals surface area contributed by atoms with Gasteiger partial charge in [-0.25, -0.2) is 4.98 Å². The Morgan fingerprint density at radius 2 is 1.95 bits per heavy atom. The lowest BCUT2D eigenvalue weighted by Gasteiger charge is -2.15. The van der Waals surface area contributed by atoms with E-state index in [9.17, 15) is 18.0 Å². The maximum atomic E-state index is 13.0. The van der Waals surface area contributed by atoms with Crippen LogP contribution in [0.4, 0.5) is 13.2 Å². The lowest BCUT2D eigenvalue weighted by atomic mass is 10.2. The molecule has 1 aromatic heterocycles. The summed E-state index contributed by atoms with van der Waals surface area (Å²) in [5, 5.41) is 0.214.